The van der Waals surface area contributed by atoms with Gasteiger partial charge in [0.15, 0.2) is 0 Å². The molecule has 0 aromatic carbocycles. The molecular weight excluding hydrogens is 160 g/mol. The lowest BCUT2D eigenvalue weighted by molar-refractivity contribution is 0.549. The lowest BCUT2D eigenvalue weighted by atomic mass is 9.87. The Hall–Kier alpha value is -0.920. The van der Waals surface area contributed by atoms with Gasteiger partial charge in [0, 0.05) is 11.6 Å². The minimum absolute atomic E-state index is 0.131. The molecule has 0 unspecified atom stereocenters. The van der Waals surface area contributed by atoms with Crippen LogP contribution in [0.5, 0.6) is 0 Å². The van der Waals surface area contributed by atoms with Crippen LogP contribution in [0.15, 0.2) is 12.3 Å². The van der Waals surface area contributed by atoms with Gasteiger partial charge in [-0.2, -0.15) is 10.2 Å². The number of aromatic nitrogens is 2. The summed E-state index contributed by atoms with van der Waals surface area (Å²) in [5.74, 6) is 0.768. The van der Waals surface area contributed by atoms with E-state index >= 15 is 0 Å². The highest BCUT2D eigenvalue weighted by molar-refractivity contribution is 5.30. The third kappa shape index (κ3) is 1.71. The smallest absolute Gasteiger partial charge is 0.0719 e. The molecule has 1 aromatic heterocycles. The minimum Gasteiger partial charge on any atom is -0.159 e. The number of hydrogen-bond acceptors (Lipinski definition) is 2. The Morgan fingerprint density at radius 2 is 2.00 bits per heavy atom. The topological polar surface area (TPSA) is 25.8 Å². The van der Waals surface area contributed by atoms with Gasteiger partial charge in [0.25, 0.3) is 0 Å². The van der Waals surface area contributed by atoms with Gasteiger partial charge in [-0.15, -0.1) is 0 Å². The zero-order chi connectivity index (χ0) is 9.47. The van der Waals surface area contributed by atoms with Crippen molar-refractivity contribution in [3.05, 3.63) is 23.5 Å². The number of nitrogens with zero attached hydrogens (tertiary/aromatic N) is 2. The van der Waals surface area contributed by atoms with Gasteiger partial charge in [-0.3, -0.25) is 0 Å². The van der Waals surface area contributed by atoms with Crippen LogP contribution < -0.4 is 0 Å². The molecule has 1 aromatic rings. The lowest BCUT2D eigenvalue weighted by Crippen LogP contribution is -2.17. The van der Waals surface area contributed by atoms with E-state index in [1.165, 1.54) is 24.1 Å². The van der Waals surface area contributed by atoms with Crippen molar-refractivity contribution in [3.63, 3.8) is 0 Å². The predicted molar refractivity (Wildman–Crippen MR) is 52.7 cm³/mol. The van der Waals surface area contributed by atoms with Crippen molar-refractivity contribution >= 4 is 0 Å². The van der Waals surface area contributed by atoms with Crippen LogP contribution in [0.25, 0.3) is 0 Å². The first-order valence-electron chi connectivity index (χ1n) is 4.91. The SMILES string of the molecule is CC(C)(C)c1nnccc1C1CC1. The average molecular weight is 176 g/mol. The molecule has 0 bridgehead atoms. The van der Waals surface area contributed by atoms with E-state index in [1.807, 2.05) is 6.20 Å². The van der Waals surface area contributed by atoms with Crippen molar-refractivity contribution in [1.29, 1.82) is 0 Å². The van der Waals surface area contributed by atoms with Crippen molar-refractivity contribution in [2.24, 2.45) is 0 Å². The van der Waals surface area contributed by atoms with Crippen LogP contribution >= 0.6 is 0 Å². The molecular formula is C11H16N2. The molecule has 2 nitrogen and oxygen atoms in total. The standard InChI is InChI=1S/C11H16N2/c1-11(2,3)10-9(8-4-5-8)6-7-12-13-10/h6-8H,4-5H2,1-3H3. The summed E-state index contributed by atoms with van der Waals surface area (Å²) in [5.41, 5.74) is 2.73. The van der Waals surface area contributed by atoms with Gasteiger partial charge in [0.1, 0.15) is 0 Å². The summed E-state index contributed by atoms with van der Waals surface area (Å²) in [6.45, 7) is 6.59. The normalized spacial score (nSPS) is 17.5. The van der Waals surface area contributed by atoms with Crippen LogP contribution in [0.4, 0.5) is 0 Å². The van der Waals surface area contributed by atoms with Crippen LogP contribution in [0, 0.1) is 0 Å². The van der Waals surface area contributed by atoms with Crippen molar-refractivity contribution in [2.45, 2.75) is 44.9 Å². The minimum atomic E-state index is 0.131. The molecule has 0 N–H and O–H groups in total. The van der Waals surface area contributed by atoms with Gasteiger partial charge in [0.05, 0.1) is 5.69 Å². The van der Waals surface area contributed by atoms with Crippen LogP contribution in [0.2, 0.25) is 0 Å². The van der Waals surface area contributed by atoms with Gasteiger partial charge in [-0.25, -0.2) is 0 Å². The maximum Gasteiger partial charge on any atom is 0.0719 e. The third-order valence-corrected chi connectivity index (χ3v) is 2.48. The molecule has 1 aliphatic carbocycles. The van der Waals surface area contributed by atoms with Crippen LogP contribution in [0.3, 0.4) is 0 Å². The van der Waals surface area contributed by atoms with Gasteiger partial charge in [0.2, 0.25) is 0 Å². The van der Waals surface area contributed by atoms with E-state index in [1.54, 1.807) is 0 Å². The van der Waals surface area contributed by atoms with Gasteiger partial charge in [-0.05, 0) is 30.4 Å². The fourth-order valence-corrected chi connectivity index (χ4v) is 1.65. The Balaban J connectivity index is 2.43. The van der Waals surface area contributed by atoms with Crippen molar-refractivity contribution in [1.82, 2.24) is 10.2 Å². The predicted octanol–water partition coefficient (Wildman–Crippen LogP) is 2.65. The van der Waals surface area contributed by atoms with Crippen LogP contribution in [0.1, 0.15) is 50.8 Å². The molecule has 1 heterocycles. The molecule has 0 amide bonds. The Kier molecular flexibility index (Phi) is 1.86. The van der Waals surface area contributed by atoms with Crippen molar-refractivity contribution < 1.29 is 0 Å². The van der Waals surface area contributed by atoms with Crippen molar-refractivity contribution in [3.8, 4) is 0 Å². The summed E-state index contributed by atoms with van der Waals surface area (Å²) >= 11 is 0. The fourth-order valence-electron chi connectivity index (χ4n) is 1.65. The molecule has 1 aliphatic rings. The molecule has 2 heteroatoms. The quantitative estimate of drug-likeness (QED) is 0.657. The highest BCUT2D eigenvalue weighted by atomic mass is 15.1. The highest BCUT2D eigenvalue weighted by Gasteiger charge is 2.30. The average Bonchev–Trinajstić information content (AvgIpc) is 2.85. The van der Waals surface area contributed by atoms with Crippen molar-refractivity contribution in [2.75, 3.05) is 0 Å². The second kappa shape index (κ2) is 2.79. The van der Waals surface area contributed by atoms with E-state index in [4.69, 9.17) is 0 Å². The van der Waals surface area contributed by atoms with Gasteiger partial charge in [-0.1, -0.05) is 20.8 Å². The van der Waals surface area contributed by atoms with E-state index in [0.29, 0.717) is 0 Å². The highest BCUT2D eigenvalue weighted by Crippen LogP contribution is 2.43. The monoisotopic (exact) mass is 176 g/mol. The lowest BCUT2D eigenvalue weighted by Gasteiger charge is -2.20. The van der Waals surface area contributed by atoms with E-state index < -0.39 is 0 Å². The van der Waals surface area contributed by atoms with Gasteiger partial charge >= 0.3 is 0 Å². The second-order valence-electron chi connectivity index (χ2n) is 4.86. The van der Waals surface area contributed by atoms with Crippen LogP contribution in [-0.4, -0.2) is 10.2 Å². The zero-order valence-electron chi connectivity index (χ0n) is 8.54. The summed E-state index contributed by atoms with van der Waals surface area (Å²) in [4.78, 5) is 0. The summed E-state index contributed by atoms with van der Waals surface area (Å²) in [6, 6.07) is 2.13. The first-order valence-corrected chi connectivity index (χ1v) is 4.91. The maximum absolute atomic E-state index is 4.26. The molecule has 0 radical (unpaired) electrons. The number of hydrogen-bond donors (Lipinski definition) is 0. The maximum atomic E-state index is 4.26. The van der Waals surface area contributed by atoms with Crippen LogP contribution in [-0.2, 0) is 5.41 Å². The summed E-state index contributed by atoms with van der Waals surface area (Å²) < 4.78 is 0. The molecule has 1 saturated carbocycles. The van der Waals surface area contributed by atoms with E-state index in [9.17, 15) is 0 Å². The van der Waals surface area contributed by atoms with Gasteiger partial charge < -0.3 is 0 Å². The first-order chi connectivity index (χ1) is 6.09. The molecule has 2 rings (SSSR count). The largest absolute Gasteiger partial charge is 0.159 e. The second-order valence-corrected chi connectivity index (χ2v) is 4.86. The Morgan fingerprint density at radius 3 is 2.54 bits per heavy atom. The number of rotatable bonds is 1. The summed E-state index contributed by atoms with van der Waals surface area (Å²) in [7, 11) is 0. The molecule has 0 atom stereocenters. The van der Waals surface area contributed by atoms with E-state index in [0.717, 1.165) is 5.92 Å². The Labute approximate surface area is 79.4 Å². The first kappa shape index (κ1) is 8.67. The van der Waals surface area contributed by atoms with E-state index in [2.05, 4.69) is 37.0 Å². The summed E-state index contributed by atoms with van der Waals surface area (Å²) in [5, 5.41) is 8.23. The van der Waals surface area contributed by atoms with E-state index in [-0.39, 0.29) is 5.41 Å². The Morgan fingerprint density at radius 1 is 1.31 bits per heavy atom. The fraction of sp³-hybridized carbons (Fsp3) is 0.636. The summed E-state index contributed by atoms with van der Waals surface area (Å²) in [6.07, 6.45) is 4.46. The molecule has 13 heavy (non-hydrogen) atoms. The molecule has 0 spiro atoms. The Bertz CT molecular complexity index is 308. The third-order valence-electron chi connectivity index (χ3n) is 2.48. The molecule has 70 valence electrons. The zero-order valence-corrected chi connectivity index (χ0v) is 8.54. The molecule has 1 fully saturated rings. The molecule has 0 saturated heterocycles. The molecule has 0 aliphatic heterocycles.